The van der Waals surface area contributed by atoms with E-state index < -0.39 is 0 Å². The first-order valence-corrected chi connectivity index (χ1v) is 7.41. The minimum absolute atomic E-state index is 0.0706. The first kappa shape index (κ1) is 14.8. The molecular weight excluding hydrogens is 240 g/mol. The Labute approximate surface area is 116 Å². The Morgan fingerprint density at radius 1 is 1.37 bits per heavy atom. The molecule has 2 N–H and O–H groups in total. The van der Waals surface area contributed by atoms with Gasteiger partial charge in [0.15, 0.2) is 0 Å². The number of fused-ring (bicyclic) bond motifs is 2. The highest BCUT2D eigenvalue weighted by Crippen LogP contribution is 2.65. The summed E-state index contributed by atoms with van der Waals surface area (Å²) < 4.78 is 4.92. The van der Waals surface area contributed by atoms with E-state index in [1.807, 2.05) is 0 Å². The predicted molar refractivity (Wildman–Crippen MR) is 75.9 cm³/mol. The molecule has 19 heavy (non-hydrogen) atoms. The number of amides is 1. The van der Waals surface area contributed by atoms with Crippen LogP contribution in [0.5, 0.6) is 0 Å². The van der Waals surface area contributed by atoms with Gasteiger partial charge >= 0.3 is 0 Å². The van der Waals surface area contributed by atoms with E-state index in [0.29, 0.717) is 36.6 Å². The molecule has 0 aliphatic heterocycles. The molecule has 2 bridgehead atoms. The molecule has 0 heterocycles. The van der Waals surface area contributed by atoms with Crippen LogP contribution in [0.25, 0.3) is 0 Å². The van der Waals surface area contributed by atoms with Crippen molar-refractivity contribution >= 4 is 5.91 Å². The Hall–Kier alpha value is -0.610. The highest BCUT2D eigenvalue weighted by atomic mass is 16.5. The molecule has 110 valence electrons. The molecule has 3 atom stereocenters. The summed E-state index contributed by atoms with van der Waals surface area (Å²) in [5, 5.41) is 6.34. The van der Waals surface area contributed by atoms with Crippen LogP contribution in [0.2, 0.25) is 0 Å². The Kier molecular flexibility index (Phi) is 4.21. The smallest absolute Gasteiger partial charge is 0.234 e. The SMILES string of the molecule is COCCNC(=O)CNC1CC2CCC1(C)C2(C)C. The third-order valence-electron chi connectivity index (χ3n) is 5.93. The van der Waals surface area contributed by atoms with Gasteiger partial charge in [-0.15, -0.1) is 0 Å². The molecule has 0 saturated heterocycles. The zero-order valence-corrected chi connectivity index (χ0v) is 12.7. The van der Waals surface area contributed by atoms with E-state index in [1.165, 1.54) is 19.3 Å². The Balaban J connectivity index is 1.80. The van der Waals surface area contributed by atoms with Crippen LogP contribution in [0.4, 0.5) is 0 Å². The fourth-order valence-corrected chi connectivity index (χ4v) is 4.08. The van der Waals surface area contributed by atoms with Crippen LogP contribution in [0.1, 0.15) is 40.0 Å². The summed E-state index contributed by atoms with van der Waals surface area (Å²) in [4.78, 5) is 11.7. The summed E-state index contributed by atoms with van der Waals surface area (Å²) in [5.41, 5.74) is 0.738. The molecule has 2 aliphatic carbocycles. The van der Waals surface area contributed by atoms with E-state index in [9.17, 15) is 4.79 Å². The number of ether oxygens (including phenoxy) is 1. The van der Waals surface area contributed by atoms with E-state index in [0.717, 1.165) is 5.92 Å². The second-order valence-electron chi connectivity index (χ2n) is 6.89. The molecule has 4 heteroatoms. The van der Waals surface area contributed by atoms with Crippen LogP contribution in [-0.4, -0.2) is 38.8 Å². The minimum atomic E-state index is 0.0706. The van der Waals surface area contributed by atoms with Gasteiger partial charge in [-0.25, -0.2) is 0 Å². The maximum absolute atomic E-state index is 11.7. The van der Waals surface area contributed by atoms with Crippen molar-refractivity contribution < 1.29 is 9.53 Å². The fourth-order valence-electron chi connectivity index (χ4n) is 4.08. The van der Waals surface area contributed by atoms with Crippen molar-refractivity contribution in [3.8, 4) is 0 Å². The summed E-state index contributed by atoms with van der Waals surface area (Å²) in [6.07, 6.45) is 3.85. The van der Waals surface area contributed by atoms with E-state index in [4.69, 9.17) is 4.74 Å². The van der Waals surface area contributed by atoms with Gasteiger partial charge in [-0.1, -0.05) is 20.8 Å². The highest BCUT2D eigenvalue weighted by Gasteiger charge is 2.60. The van der Waals surface area contributed by atoms with E-state index >= 15 is 0 Å². The topological polar surface area (TPSA) is 50.4 Å². The normalized spacial score (nSPS) is 35.6. The Morgan fingerprint density at radius 2 is 2.11 bits per heavy atom. The lowest BCUT2D eigenvalue weighted by atomic mass is 9.69. The van der Waals surface area contributed by atoms with Gasteiger partial charge in [0.2, 0.25) is 5.91 Å². The van der Waals surface area contributed by atoms with Gasteiger partial charge in [0.05, 0.1) is 13.2 Å². The summed E-state index contributed by atoms with van der Waals surface area (Å²) in [5.74, 6) is 0.882. The number of rotatable bonds is 6. The molecule has 0 spiro atoms. The van der Waals surface area contributed by atoms with Crippen molar-refractivity contribution in [1.82, 2.24) is 10.6 Å². The molecular formula is C15H28N2O2. The molecule has 2 rings (SSSR count). The van der Waals surface area contributed by atoms with Gasteiger partial charge in [-0.05, 0) is 36.0 Å². The number of hydrogen-bond acceptors (Lipinski definition) is 3. The largest absolute Gasteiger partial charge is 0.383 e. The van der Waals surface area contributed by atoms with Crippen molar-refractivity contribution in [2.75, 3.05) is 26.8 Å². The predicted octanol–water partition coefficient (Wildman–Crippen LogP) is 1.55. The minimum Gasteiger partial charge on any atom is -0.383 e. The van der Waals surface area contributed by atoms with Gasteiger partial charge in [-0.2, -0.15) is 0 Å². The molecule has 2 saturated carbocycles. The average molecular weight is 268 g/mol. The van der Waals surface area contributed by atoms with Gasteiger partial charge < -0.3 is 15.4 Å². The van der Waals surface area contributed by atoms with Crippen LogP contribution >= 0.6 is 0 Å². The molecule has 0 aromatic heterocycles. The standard InChI is InChI=1S/C15H28N2O2/c1-14(2)11-5-6-15(14,3)12(9-11)17-10-13(18)16-7-8-19-4/h11-12,17H,5-10H2,1-4H3,(H,16,18). The number of nitrogens with one attached hydrogen (secondary N) is 2. The van der Waals surface area contributed by atoms with Crippen LogP contribution < -0.4 is 10.6 Å². The zero-order chi connectivity index (χ0) is 14.1. The number of carbonyl (C=O) groups is 1. The van der Waals surface area contributed by atoms with Gasteiger partial charge in [-0.3, -0.25) is 4.79 Å². The molecule has 0 aromatic rings. The van der Waals surface area contributed by atoms with Gasteiger partial charge in [0.25, 0.3) is 0 Å². The Morgan fingerprint density at radius 3 is 2.63 bits per heavy atom. The summed E-state index contributed by atoms with van der Waals surface area (Å²) in [6.45, 7) is 8.76. The maximum Gasteiger partial charge on any atom is 0.234 e. The summed E-state index contributed by atoms with van der Waals surface area (Å²) >= 11 is 0. The van der Waals surface area contributed by atoms with Gasteiger partial charge in [0, 0.05) is 19.7 Å². The molecule has 0 radical (unpaired) electrons. The van der Waals surface area contributed by atoms with Crippen molar-refractivity contribution in [2.24, 2.45) is 16.7 Å². The second-order valence-corrected chi connectivity index (χ2v) is 6.89. The molecule has 2 aliphatic rings. The lowest BCUT2D eigenvalue weighted by Crippen LogP contribution is -2.48. The lowest BCUT2D eigenvalue weighted by molar-refractivity contribution is -0.120. The first-order chi connectivity index (χ1) is 8.91. The average Bonchev–Trinajstić information content (AvgIpc) is 2.69. The third kappa shape index (κ3) is 2.52. The van der Waals surface area contributed by atoms with Gasteiger partial charge in [0.1, 0.15) is 0 Å². The fraction of sp³-hybridized carbons (Fsp3) is 0.933. The quantitative estimate of drug-likeness (QED) is 0.719. The summed E-state index contributed by atoms with van der Waals surface area (Å²) in [6, 6.07) is 0.481. The van der Waals surface area contributed by atoms with E-state index in [2.05, 4.69) is 31.4 Å². The molecule has 2 fully saturated rings. The highest BCUT2D eigenvalue weighted by molar-refractivity contribution is 5.78. The molecule has 3 unspecified atom stereocenters. The van der Waals surface area contributed by atoms with Crippen molar-refractivity contribution in [1.29, 1.82) is 0 Å². The zero-order valence-electron chi connectivity index (χ0n) is 12.7. The molecule has 0 aromatic carbocycles. The van der Waals surface area contributed by atoms with E-state index in [1.54, 1.807) is 7.11 Å². The summed E-state index contributed by atoms with van der Waals surface area (Å²) in [7, 11) is 1.64. The lowest BCUT2D eigenvalue weighted by Gasteiger charge is -2.39. The number of methoxy groups -OCH3 is 1. The van der Waals surface area contributed by atoms with E-state index in [-0.39, 0.29) is 5.91 Å². The number of carbonyl (C=O) groups excluding carboxylic acids is 1. The van der Waals surface area contributed by atoms with Crippen LogP contribution in [-0.2, 0) is 9.53 Å². The molecule has 4 nitrogen and oxygen atoms in total. The second kappa shape index (κ2) is 5.41. The third-order valence-corrected chi connectivity index (χ3v) is 5.93. The Bertz CT molecular complexity index is 343. The maximum atomic E-state index is 11.7. The van der Waals surface area contributed by atoms with Crippen LogP contribution in [0.3, 0.4) is 0 Å². The van der Waals surface area contributed by atoms with Crippen LogP contribution in [0, 0.1) is 16.7 Å². The van der Waals surface area contributed by atoms with Crippen molar-refractivity contribution in [2.45, 2.75) is 46.1 Å². The van der Waals surface area contributed by atoms with Crippen molar-refractivity contribution in [3.05, 3.63) is 0 Å². The monoisotopic (exact) mass is 268 g/mol. The van der Waals surface area contributed by atoms with Crippen LogP contribution in [0.15, 0.2) is 0 Å². The van der Waals surface area contributed by atoms with Crippen molar-refractivity contribution in [3.63, 3.8) is 0 Å². The molecule has 1 amide bonds. The first-order valence-electron chi connectivity index (χ1n) is 7.41. The number of hydrogen-bond donors (Lipinski definition) is 2.